The van der Waals surface area contributed by atoms with Gasteiger partial charge in [-0.3, -0.25) is 4.79 Å². The van der Waals surface area contributed by atoms with Crippen molar-refractivity contribution in [3.8, 4) is 0 Å². The Balaban J connectivity index is 1.85. The molecule has 0 radical (unpaired) electrons. The van der Waals surface area contributed by atoms with Gasteiger partial charge in [0.1, 0.15) is 0 Å². The van der Waals surface area contributed by atoms with E-state index in [2.05, 4.69) is 17.3 Å². The largest absolute Gasteiger partial charge is 0.340 e. The van der Waals surface area contributed by atoms with Crippen LogP contribution in [0.25, 0.3) is 0 Å². The highest BCUT2D eigenvalue weighted by atomic mass is 16.2. The van der Waals surface area contributed by atoms with Gasteiger partial charge in [0.2, 0.25) is 5.91 Å². The van der Waals surface area contributed by atoms with Gasteiger partial charge in [0.15, 0.2) is 0 Å². The topological polar surface area (TPSA) is 35.6 Å². The smallest absolute Gasteiger partial charge is 0.227 e. The summed E-state index contributed by atoms with van der Waals surface area (Å²) in [6.07, 6.45) is 1.02. The van der Waals surface area contributed by atoms with Gasteiger partial charge in [0, 0.05) is 32.7 Å². The van der Waals surface area contributed by atoms with Crippen molar-refractivity contribution in [1.82, 2.24) is 15.1 Å². The molecule has 0 aromatic carbocycles. The summed E-state index contributed by atoms with van der Waals surface area (Å²) in [4.78, 5) is 16.3. The third-order valence-corrected chi connectivity index (χ3v) is 3.22. The summed E-state index contributed by atoms with van der Waals surface area (Å²) in [5.74, 6) is 0.613. The van der Waals surface area contributed by atoms with Gasteiger partial charge in [0.25, 0.3) is 0 Å². The standard InChI is InChI=1S/C10H19N3O/c1-12-4-6-13(7-5-12)10(14)9-2-3-11-8-9/h9,11H,2-8H2,1H3/t9-/m1/s1. The van der Waals surface area contributed by atoms with Crippen LogP contribution in [0, 0.1) is 5.92 Å². The maximum Gasteiger partial charge on any atom is 0.227 e. The summed E-state index contributed by atoms with van der Waals surface area (Å²) >= 11 is 0. The zero-order valence-corrected chi connectivity index (χ0v) is 8.83. The minimum atomic E-state index is 0.249. The number of nitrogens with one attached hydrogen (secondary N) is 1. The van der Waals surface area contributed by atoms with Crippen LogP contribution in [0.3, 0.4) is 0 Å². The zero-order chi connectivity index (χ0) is 9.97. The molecule has 4 nitrogen and oxygen atoms in total. The van der Waals surface area contributed by atoms with E-state index in [0.717, 1.165) is 45.7 Å². The van der Waals surface area contributed by atoms with Crippen LogP contribution in [-0.4, -0.2) is 62.0 Å². The van der Waals surface area contributed by atoms with Crippen molar-refractivity contribution in [2.45, 2.75) is 6.42 Å². The van der Waals surface area contributed by atoms with Gasteiger partial charge >= 0.3 is 0 Å². The summed E-state index contributed by atoms with van der Waals surface area (Å²) in [5, 5.41) is 3.24. The van der Waals surface area contributed by atoms with E-state index in [0.29, 0.717) is 5.91 Å². The molecule has 80 valence electrons. The Morgan fingerprint density at radius 3 is 2.57 bits per heavy atom. The fourth-order valence-corrected chi connectivity index (χ4v) is 2.15. The Morgan fingerprint density at radius 1 is 1.29 bits per heavy atom. The molecular weight excluding hydrogens is 178 g/mol. The number of rotatable bonds is 1. The molecule has 2 fully saturated rings. The Labute approximate surface area is 85.2 Å². The third-order valence-electron chi connectivity index (χ3n) is 3.22. The normalized spacial score (nSPS) is 29.5. The highest BCUT2D eigenvalue weighted by molar-refractivity contribution is 5.79. The molecule has 2 heterocycles. The molecule has 0 unspecified atom stereocenters. The lowest BCUT2D eigenvalue weighted by Crippen LogP contribution is -2.49. The predicted octanol–water partition coefficient (Wildman–Crippen LogP) is -0.630. The van der Waals surface area contributed by atoms with Gasteiger partial charge in [-0.1, -0.05) is 0 Å². The lowest BCUT2D eigenvalue weighted by Gasteiger charge is -2.33. The van der Waals surface area contributed by atoms with Crippen LogP contribution in [0.2, 0.25) is 0 Å². The van der Waals surface area contributed by atoms with Gasteiger partial charge in [0.05, 0.1) is 5.92 Å². The molecule has 14 heavy (non-hydrogen) atoms. The Morgan fingerprint density at radius 2 is 2.00 bits per heavy atom. The first-order chi connectivity index (χ1) is 6.77. The number of nitrogens with zero attached hydrogens (tertiary/aromatic N) is 2. The molecule has 0 spiro atoms. The minimum Gasteiger partial charge on any atom is -0.340 e. The molecule has 2 rings (SSSR count). The number of amides is 1. The summed E-state index contributed by atoms with van der Waals surface area (Å²) < 4.78 is 0. The van der Waals surface area contributed by atoms with E-state index in [1.807, 2.05) is 4.90 Å². The molecule has 2 aliphatic rings. The monoisotopic (exact) mass is 197 g/mol. The first-order valence-corrected chi connectivity index (χ1v) is 5.45. The summed E-state index contributed by atoms with van der Waals surface area (Å²) in [5.41, 5.74) is 0. The van der Waals surface area contributed by atoms with Gasteiger partial charge in [-0.2, -0.15) is 0 Å². The van der Waals surface area contributed by atoms with E-state index in [-0.39, 0.29) is 5.92 Å². The lowest BCUT2D eigenvalue weighted by atomic mass is 10.1. The average molecular weight is 197 g/mol. The lowest BCUT2D eigenvalue weighted by molar-refractivity contribution is -0.136. The maximum atomic E-state index is 12.0. The molecule has 1 atom stereocenters. The first kappa shape index (κ1) is 9.93. The molecule has 0 aliphatic carbocycles. The van der Waals surface area contributed by atoms with Crippen molar-refractivity contribution in [2.75, 3.05) is 46.3 Å². The average Bonchev–Trinajstić information content (AvgIpc) is 2.71. The van der Waals surface area contributed by atoms with Gasteiger partial charge in [-0.05, 0) is 20.0 Å². The Kier molecular flexibility index (Phi) is 3.03. The fraction of sp³-hybridized carbons (Fsp3) is 0.900. The number of piperazine rings is 1. The summed E-state index contributed by atoms with van der Waals surface area (Å²) in [6.45, 7) is 5.74. The van der Waals surface area contributed by atoms with Crippen molar-refractivity contribution in [3.05, 3.63) is 0 Å². The number of carbonyl (C=O) groups is 1. The molecule has 1 amide bonds. The molecule has 4 heteroatoms. The minimum absolute atomic E-state index is 0.249. The molecule has 0 saturated carbocycles. The molecule has 0 bridgehead atoms. The van der Waals surface area contributed by atoms with Crippen molar-refractivity contribution in [3.63, 3.8) is 0 Å². The van der Waals surface area contributed by atoms with E-state index >= 15 is 0 Å². The third kappa shape index (κ3) is 2.07. The van der Waals surface area contributed by atoms with Gasteiger partial charge in [-0.15, -0.1) is 0 Å². The Hall–Kier alpha value is -0.610. The van der Waals surface area contributed by atoms with Crippen LogP contribution < -0.4 is 5.32 Å². The van der Waals surface area contributed by atoms with Gasteiger partial charge in [-0.25, -0.2) is 0 Å². The fourth-order valence-electron chi connectivity index (χ4n) is 2.15. The summed E-state index contributed by atoms with van der Waals surface area (Å²) in [6, 6.07) is 0. The van der Waals surface area contributed by atoms with Crippen LogP contribution in [0.5, 0.6) is 0 Å². The highest BCUT2D eigenvalue weighted by Gasteiger charge is 2.28. The molecule has 0 aromatic rings. The van der Waals surface area contributed by atoms with Crippen molar-refractivity contribution in [1.29, 1.82) is 0 Å². The quantitative estimate of drug-likeness (QED) is 0.608. The molecule has 2 saturated heterocycles. The maximum absolute atomic E-state index is 12.0. The van der Waals surface area contributed by atoms with Crippen LogP contribution in [0.15, 0.2) is 0 Å². The number of hydrogen-bond acceptors (Lipinski definition) is 3. The van der Waals surface area contributed by atoms with Gasteiger partial charge < -0.3 is 15.1 Å². The SMILES string of the molecule is CN1CCN(C(=O)[C@@H]2CCNC2)CC1. The van der Waals surface area contributed by atoms with E-state index in [1.54, 1.807) is 0 Å². The molecule has 0 aromatic heterocycles. The first-order valence-electron chi connectivity index (χ1n) is 5.45. The molecule has 2 aliphatic heterocycles. The van der Waals surface area contributed by atoms with E-state index in [1.165, 1.54) is 0 Å². The molecular formula is C10H19N3O. The van der Waals surface area contributed by atoms with Crippen molar-refractivity contribution < 1.29 is 4.79 Å². The highest BCUT2D eigenvalue weighted by Crippen LogP contribution is 2.12. The van der Waals surface area contributed by atoms with Crippen LogP contribution in [0.4, 0.5) is 0 Å². The van der Waals surface area contributed by atoms with E-state index < -0.39 is 0 Å². The molecule has 1 N–H and O–H groups in total. The van der Waals surface area contributed by atoms with E-state index in [4.69, 9.17) is 0 Å². The zero-order valence-electron chi connectivity index (χ0n) is 8.83. The van der Waals surface area contributed by atoms with E-state index in [9.17, 15) is 4.79 Å². The van der Waals surface area contributed by atoms with Crippen LogP contribution >= 0.6 is 0 Å². The second-order valence-electron chi connectivity index (χ2n) is 4.32. The predicted molar refractivity (Wildman–Crippen MR) is 55.1 cm³/mol. The number of likely N-dealkylation sites (N-methyl/N-ethyl adjacent to an activating group) is 1. The number of carbonyl (C=O) groups excluding carboxylic acids is 1. The second kappa shape index (κ2) is 4.28. The second-order valence-corrected chi connectivity index (χ2v) is 4.32. The van der Waals surface area contributed by atoms with Crippen LogP contribution in [0.1, 0.15) is 6.42 Å². The number of hydrogen-bond donors (Lipinski definition) is 1. The summed E-state index contributed by atoms with van der Waals surface area (Å²) in [7, 11) is 2.11. The van der Waals surface area contributed by atoms with Crippen molar-refractivity contribution >= 4 is 5.91 Å². The van der Waals surface area contributed by atoms with Crippen molar-refractivity contribution in [2.24, 2.45) is 5.92 Å². The van der Waals surface area contributed by atoms with Crippen LogP contribution in [-0.2, 0) is 4.79 Å². The Bertz CT molecular complexity index is 205.